The first kappa shape index (κ1) is 12.0. The van der Waals surface area contributed by atoms with Crippen LogP contribution in [-0.2, 0) is 4.74 Å². The van der Waals surface area contributed by atoms with E-state index in [0.717, 1.165) is 32.2 Å². The quantitative estimate of drug-likeness (QED) is 0.600. The maximum Gasteiger partial charge on any atom is 0.0558 e. The van der Waals surface area contributed by atoms with E-state index in [2.05, 4.69) is 4.90 Å². The molecule has 0 atom stereocenters. The molecule has 0 aromatic heterocycles. The highest BCUT2D eigenvalue weighted by Gasteiger charge is 2.23. The normalized spacial score (nSPS) is 17.4. The molecule has 3 nitrogen and oxygen atoms in total. The molecular formula is C11H23NO2. The molecule has 0 heterocycles. The van der Waals surface area contributed by atoms with Gasteiger partial charge < -0.3 is 9.84 Å². The summed E-state index contributed by atoms with van der Waals surface area (Å²) in [6, 6.07) is 0.754. The largest absolute Gasteiger partial charge is 0.395 e. The number of unbranched alkanes of at least 4 members (excludes halogenated alkanes) is 1. The molecular weight excluding hydrogens is 178 g/mol. The Bertz CT molecular complexity index is 137. The second-order valence-corrected chi connectivity index (χ2v) is 4.04. The number of rotatable bonds is 8. The van der Waals surface area contributed by atoms with Crippen LogP contribution in [0.4, 0.5) is 0 Å². The van der Waals surface area contributed by atoms with Crippen LogP contribution in [0.5, 0.6) is 0 Å². The molecule has 0 aliphatic heterocycles. The van der Waals surface area contributed by atoms with Crippen molar-refractivity contribution in [3.63, 3.8) is 0 Å². The lowest BCUT2D eigenvalue weighted by Crippen LogP contribution is -2.42. The lowest BCUT2D eigenvalue weighted by atomic mass is 9.91. The van der Waals surface area contributed by atoms with Crippen molar-refractivity contribution in [2.45, 2.75) is 38.1 Å². The zero-order chi connectivity index (χ0) is 10.2. The Kier molecular flexibility index (Phi) is 6.15. The molecule has 0 bridgehead atoms. The van der Waals surface area contributed by atoms with Crippen LogP contribution in [-0.4, -0.2) is 49.5 Å². The lowest BCUT2D eigenvalue weighted by Gasteiger charge is -2.37. The van der Waals surface area contributed by atoms with Gasteiger partial charge in [0.2, 0.25) is 0 Å². The second-order valence-electron chi connectivity index (χ2n) is 4.04. The van der Waals surface area contributed by atoms with E-state index in [1.165, 1.54) is 25.7 Å². The zero-order valence-electron chi connectivity index (χ0n) is 9.24. The minimum atomic E-state index is 0.292. The van der Waals surface area contributed by atoms with Gasteiger partial charge in [-0.25, -0.2) is 0 Å². The highest BCUT2D eigenvalue weighted by atomic mass is 16.5. The molecule has 1 fully saturated rings. The minimum Gasteiger partial charge on any atom is -0.395 e. The minimum absolute atomic E-state index is 0.292. The SMILES string of the molecule is COCCCCN(CCO)C1CCC1. The fourth-order valence-corrected chi connectivity index (χ4v) is 1.92. The van der Waals surface area contributed by atoms with Crippen LogP contribution >= 0.6 is 0 Å². The second kappa shape index (κ2) is 7.21. The summed E-state index contributed by atoms with van der Waals surface area (Å²) in [6.07, 6.45) is 6.33. The summed E-state index contributed by atoms with van der Waals surface area (Å²) < 4.78 is 5.02. The number of nitrogens with zero attached hydrogens (tertiary/aromatic N) is 1. The smallest absolute Gasteiger partial charge is 0.0558 e. The first-order chi connectivity index (χ1) is 6.88. The van der Waals surface area contributed by atoms with E-state index in [4.69, 9.17) is 9.84 Å². The van der Waals surface area contributed by atoms with Crippen LogP contribution in [0.2, 0.25) is 0 Å². The van der Waals surface area contributed by atoms with Crippen LogP contribution < -0.4 is 0 Å². The third-order valence-electron chi connectivity index (χ3n) is 3.02. The molecule has 0 amide bonds. The summed E-state index contributed by atoms with van der Waals surface area (Å²) in [5.74, 6) is 0. The predicted molar refractivity (Wildman–Crippen MR) is 57.4 cm³/mol. The maximum absolute atomic E-state index is 8.94. The molecule has 0 radical (unpaired) electrons. The van der Waals surface area contributed by atoms with E-state index < -0.39 is 0 Å². The van der Waals surface area contributed by atoms with Crippen LogP contribution in [0.1, 0.15) is 32.1 Å². The number of methoxy groups -OCH3 is 1. The molecule has 1 saturated carbocycles. The lowest BCUT2D eigenvalue weighted by molar-refractivity contribution is 0.0958. The first-order valence-electron chi connectivity index (χ1n) is 5.72. The molecule has 1 rings (SSSR count). The van der Waals surface area contributed by atoms with E-state index in [1.54, 1.807) is 7.11 Å². The van der Waals surface area contributed by atoms with Gasteiger partial charge in [-0.3, -0.25) is 4.90 Å². The first-order valence-corrected chi connectivity index (χ1v) is 5.72. The molecule has 0 unspecified atom stereocenters. The molecule has 1 aliphatic carbocycles. The van der Waals surface area contributed by atoms with Crippen molar-refractivity contribution in [1.82, 2.24) is 4.90 Å². The number of hydrogen-bond donors (Lipinski definition) is 1. The summed E-state index contributed by atoms with van der Waals surface area (Å²) in [6.45, 7) is 3.12. The summed E-state index contributed by atoms with van der Waals surface area (Å²) in [7, 11) is 1.75. The van der Waals surface area contributed by atoms with Gasteiger partial charge in [0.05, 0.1) is 6.61 Å². The Balaban J connectivity index is 2.08. The van der Waals surface area contributed by atoms with Gasteiger partial charge in [0, 0.05) is 26.3 Å². The number of ether oxygens (including phenoxy) is 1. The highest BCUT2D eigenvalue weighted by molar-refractivity contribution is 4.79. The monoisotopic (exact) mass is 201 g/mol. The van der Waals surface area contributed by atoms with E-state index in [0.29, 0.717) is 6.61 Å². The van der Waals surface area contributed by atoms with Crippen molar-refractivity contribution >= 4 is 0 Å². The van der Waals surface area contributed by atoms with Crippen molar-refractivity contribution < 1.29 is 9.84 Å². The van der Waals surface area contributed by atoms with Gasteiger partial charge in [0.1, 0.15) is 0 Å². The van der Waals surface area contributed by atoms with Crippen LogP contribution in [0.15, 0.2) is 0 Å². The van der Waals surface area contributed by atoms with Crippen molar-refractivity contribution in [1.29, 1.82) is 0 Å². The van der Waals surface area contributed by atoms with Gasteiger partial charge in [0.15, 0.2) is 0 Å². The third kappa shape index (κ3) is 3.95. The van der Waals surface area contributed by atoms with Crippen molar-refractivity contribution in [2.75, 3.05) is 33.4 Å². The molecule has 14 heavy (non-hydrogen) atoms. The molecule has 1 N–H and O–H groups in total. The van der Waals surface area contributed by atoms with Crippen molar-refractivity contribution in [3.05, 3.63) is 0 Å². The predicted octanol–water partition coefficient (Wildman–Crippen LogP) is 1.26. The number of hydrogen-bond acceptors (Lipinski definition) is 3. The molecule has 0 aromatic rings. The van der Waals surface area contributed by atoms with Crippen molar-refractivity contribution in [3.8, 4) is 0 Å². The Morgan fingerprint density at radius 2 is 2.07 bits per heavy atom. The van der Waals surface area contributed by atoms with Crippen molar-refractivity contribution in [2.24, 2.45) is 0 Å². The van der Waals surface area contributed by atoms with E-state index in [1.807, 2.05) is 0 Å². The van der Waals surface area contributed by atoms with E-state index >= 15 is 0 Å². The zero-order valence-corrected chi connectivity index (χ0v) is 9.24. The molecule has 1 aliphatic rings. The number of aliphatic hydroxyl groups is 1. The average Bonchev–Trinajstić information content (AvgIpc) is 2.10. The van der Waals surface area contributed by atoms with Gasteiger partial charge in [-0.1, -0.05) is 6.42 Å². The van der Waals surface area contributed by atoms with Crippen LogP contribution in [0.25, 0.3) is 0 Å². The van der Waals surface area contributed by atoms with Gasteiger partial charge in [-0.15, -0.1) is 0 Å². The maximum atomic E-state index is 8.94. The topological polar surface area (TPSA) is 32.7 Å². The summed E-state index contributed by atoms with van der Waals surface area (Å²) in [5.41, 5.74) is 0. The molecule has 3 heteroatoms. The summed E-state index contributed by atoms with van der Waals surface area (Å²) >= 11 is 0. The van der Waals surface area contributed by atoms with Crippen LogP contribution in [0, 0.1) is 0 Å². The van der Waals surface area contributed by atoms with E-state index in [9.17, 15) is 0 Å². The number of aliphatic hydroxyl groups excluding tert-OH is 1. The Morgan fingerprint density at radius 3 is 2.57 bits per heavy atom. The Morgan fingerprint density at radius 1 is 1.29 bits per heavy atom. The standard InChI is InChI=1S/C11H23NO2/c1-14-10-3-2-7-12(8-9-13)11-5-4-6-11/h11,13H,2-10H2,1H3. The summed E-state index contributed by atoms with van der Waals surface area (Å²) in [4.78, 5) is 2.43. The molecule has 0 saturated heterocycles. The van der Waals surface area contributed by atoms with Crippen LogP contribution in [0.3, 0.4) is 0 Å². The average molecular weight is 201 g/mol. The van der Waals surface area contributed by atoms with Gasteiger partial charge in [0.25, 0.3) is 0 Å². The summed E-state index contributed by atoms with van der Waals surface area (Å²) in [5, 5.41) is 8.94. The fraction of sp³-hybridized carbons (Fsp3) is 1.00. The molecule has 84 valence electrons. The molecule has 0 spiro atoms. The Hall–Kier alpha value is -0.120. The third-order valence-corrected chi connectivity index (χ3v) is 3.02. The van der Waals surface area contributed by atoms with E-state index in [-0.39, 0.29) is 0 Å². The highest BCUT2D eigenvalue weighted by Crippen LogP contribution is 2.24. The fourth-order valence-electron chi connectivity index (χ4n) is 1.92. The Labute approximate surface area is 87.1 Å². The van der Waals surface area contributed by atoms with Gasteiger partial charge >= 0.3 is 0 Å². The van der Waals surface area contributed by atoms with Gasteiger partial charge in [-0.05, 0) is 32.2 Å². The van der Waals surface area contributed by atoms with Gasteiger partial charge in [-0.2, -0.15) is 0 Å². The molecule has 0 aromatic carbocycles.